The Morgan fingerprint density at radius 1 is 1.28 bits per heavy atom. The van der Waals surface area contributed by atoms with Crippen LogP contribution >= 0.6 is 0 Å². The lowest BCUT2D eigenvalue weighted by Crippen LogP contribution is -2.49. The first kappa shape index (κ1) is 16.0. The Labute approximate surface area is 115 Å². The number of nitrogens with one attached hydrogen (secondary N) is 1. The standard InChI is InChI=1S/C16H34N2/c1-7-9-17-15(4)16(5,6)12-18-10-8-13(2)14(3)11-18/h13-15,17H,7-12H2,1-6H3. The summed E-state index contributed by atoms with van der Waals surface area (Å²) in [7, 11) is 0. The summed E-state index contributed by atoms with van der Waals surface area (Å²) in [6.07, 6.45) is 2.59. The predicted octanol–water partition coefficient (Wildman–Crippen LogP) is 3.38. The van der Waals surface area contributed by atoms with Gasteiger partial charge in [0.2, 0.25) is 0 Å². The molecule has 0 saturated carbocycles. The Kier molecular flexibility index (Phi) is 6.13. The van der Waals surface area contributed by atoms with Crippen molar-refractivity contribution in [2.45, 2.75) is 60.4 Å². The average molecular weight is 254 g/mol. The van der Waals surface area contributed by atoms with Gasteiger partial charge in [-0.1, -0.05) is 34.6 Å². The van der Waals surface area contributed by atoms with Gasteiger partial charge in [0.1, 0.15) is 0 Å². The van der Waals surface area contributed by atoms with Crippen molar-refractivity contribution in [2.75, 3.05) is 26.2 Å². The SMILES string of the molecule is CCCNC(C)C(C)(C)CN1CCC(C)C(C)C1. The maximum atomic E-state index is 3.66. The molecule has 3 unspecified atom stereocenters. The second-order valence-electron chi connectivity index (χ2n) is 7.14. The maximum Gasteiger partial charge on any atom is 0.0102 e. The molecule has 0 bridgehead atoms. The number of likely N-dealkylation sites (tertiary alicyclic amines) is 1. The fourth-order valence-electron chi connectivity index (χ4n) is 2.84. The molecule has 0 radical (unpaired) electrons. The Morgan fingerprint density at radius 2 is 1.94 bits per heavy atom. The van der Waals surface area contributed by atoms with Gasteiger partial charge in [-0.15, -0.1) is 0 Å². The molecule has 0 aromatic rings. The van der Waals surface area contributed by atoms with Crippen LogP contribution in [-0.4, -0.2) is 37.1 Å². The second-order valence-corrected chi connectivity index (χ2v) is 7.14. The van der Waals surface area contributed by atoms with Gasteiger partial charge in [-0.3, -0.25) is 0 Å². The van der Waals surface area contributed by atoms with Crippen molar-refractivity contribution in [3.63, 3.8) is 0 Å². The number of nitrogens with zero attached hydrogens (tertiary/aromatic N) is 1. The maximum absolute atomic E-state index is 3.66. The van der Waals surface area contributed by atoms with Crippen molar-refractivity contribution in [2.24, 2.45) is 17.3 Å². The first-order chi connectivity index (χ1) is 8.36. The Balaban J connectivity index is 2.44. The molecule has 3 atom stereocenters. The van der Waals surface area contributed by atoms with Crippen molar-refractivity contribution >= 4 is 0 Å². The van der Waals surface area contributed by atoms with Gasteiger partial charge in [0, 0.05) is 19.1 Å². The molecule has 108 valence electrons. The first-order valence-corrected chi connectivity index (χ1v) is 7.82. The molecule has 1 saturated heterocycles. The van der Waals surface area contributed by atoms with Crippen molar-refractivity contribution in [1.29, 1.82) is 0 Å². The minimum Gasteiger partial charge on any atom is -0.314 e. The van der Waals surface area contributed by atoms with E-state index in [1.807, 2.05) is 0 Å². The van der Waals surface area contributed by atoms with E-state index >= 15 is 0 Å². The smallest absolute Gasteiger partial charge is 0.0102 e. The normalized spacial score (nSPS) is 28.3. The quantitative estimate of drug-likeness (QED) is 0.782. The predicted molar refractivity (Wildman–Crippen MR) is 80.9 cm³/mol. The van der Waals surface area contributed by atoms with Crippen LogP contribution in [0.5, 0.6) is 0 Å². The lowest BCUT2D eigenvalue weighted by atomic mass is 9.82. The van der Waals surface area contributed by atoms with Crippen LogP contribution < -0.4 is 5.32 Å². The third-order valence-electron chi connectivity index (χ3n) is 4.92. The molecule has 1 aliphatic heterocycles. The summed E-state index contributed by atoms with van der Waals surface area (Å²) in [4.78, 5) is 2.68. The summed E-state index contributed by atoms with van der Waals surface area (Å²) in [6.45, 7) is 19.1. The third kappa shape index (κ3) is 4.55. The monoisotopic (exact) mass is 254 g/mol. The van der Waals surface area contributed by atoms with E-state index < -0.39 is 0 Å². The second kappa shape index (κ2) is 6.91. The van der Waals surface area contributed by atoms with Crippen molar-refractivity contribution in [3.05, 3.63) is 0 Å². The number of hydrogen-bond acceptors (Lipinski definition) is 2. The minimum absolute atomic E-state index is 0.357. The minimum atomic E-state index is 0.357. The van der Waals surface area contributed by atoms with E-state index in [0.29, 0.717) is 11.5 Å². The van der Waals surface area contributed by atoms with Crippen molar-refractivity contribution in [3.8, 4) is 0 Å². The van der Waals surface area contributed by atoms with Gasteiger partial charge in [0.05, 0.1) is 0 Å². The highest BCUT2D eigenvalue weighted by Gasteiger charge is 2.31. The van der Waals surface area contributed by atoms with Crippen LogP contribution in [0.1, 0.15) is 54.4 Å². The molecule has 2 nitrogen and oxygen atoms in total. The average Bonchev–Trinajstić information content (AvgIpc) is 2.30. The van der Waals surface area contributed by atoms with Crippen molar-refractivity contribution in [1.82, 2.24) is 10.2 Å². The summed E-state index contributed by atoms with van der Waals surface area (Å²) in [5, 5.41) is 3.66. The Hall–Kier alpha value is -0.0800. The number of hydrogen-bond donors (Lipinski definition) is 1. The van der Waals surface area contributed by atoms with Crippen LogP contribution in [-0.2, 0) is 0 Å². The third-order valence-corrected chi connectivity index (χ3v) is 4.92. The Bertz CT molecular complexity index is 237. The van der Waals surface area contributed by atoms with Gasteiger partial charge >= 0.3 is 0 Å². The topological polar surface area (TPSA) is 15.3 Å². The van der Waals surface area contributed by atoms with E-state index in [1.165, 1.54) is 32.5 Å². The van der Waals surface area contributed by atoms with E-state index in [4.69, 9.17) is 0 Å². The van der Waals surface area contributed by atoms with Crippen LogP contribution in [0.25, 0.3) is 0 Å². The molecule has 0 spiro atoms. The highest BCUT2D eigenvalue weighted by atomic mass is 15.1. The molecular weight excluding hydrogens is 220 g/mol. The first-order valence-electron chi connectivity index (χ1n) is 7.82. The lowest BCUT2D eigenvalue weighted by Gasteiger charge is -2.42. The van der Waals surface area contributed by atoms with Gasteiger partial charge in [0.25, 0.3) is 0 Å². The number of piperidine rings is 1. The van der Waals surface area contributed by atoms with Gasteiger partial charge in [0.15, 0.2) is 0 Å². The van der Waals surface area contributed by atoms with Gasteiger partial charge < -0.3 is 10.2 Å². The molecule has 0 aromatic carbocycles. The molecule has 1 rings (SSSR count). The molecule has 0 aromatic heterocycles. The van der Waals surface area contributed by atoms with E-state index in [-0.39, 0.29) is 0 Å². The zero-order valence-corrected chi connectivity index (χ0v) is 13.4. The van der Waals surface area contributed by atoms with E-state index in [2.05, 4.69) is 51.8 Å². The number of rotatable bonds is 6. The van der Waals surface area contributed by atoms with E-state index in [1.54, 1.807) is 0 Å². The summed E-state index contributed by atoms with van der Waals surface area (Å²) in [6, 6.07) is 0.590. The lowest BCUT2D eigenvalue weighted by molar-refractivity contribution is 0.0815. The largest absolute Gasteiger partial charge is 0.314 e. The highest BCUT2D eigenvalue weighted by molar-refractivity contribution is 4.86. The molecular formula is C16H34N2. The summed E-state index contributed by atoms with van der Waals surface area (Å²) in [5.41, 5.74) is 0.357. The fraction of sp³-hybridized carbons (Fsp3) is 1.00. The van der Waals surface area contributed by atoms with Crippen LogP contribution in [0.15, 0.2) is 0 Å². The van der Waals surface area contributed by atoms with Crippen LogP contribution in [0, 0.1) is 17.3 Å². The fourth-order valence-corrected chi connectivity index (χ4v) is 2.84. The molecule has 1 fully saturated rings. The van der Waals surface area contributed by atoms with Crippen LogP contribution in [0.4, 0.5) is 0 Å². The van der Waals surface area contributed by atoms with Crippen LogP contribution in [0.3, 0.4) is 0 Å². The highest BCUT2D eigenvalue weighted by Crippen LogP contribution is 2.27. The molecule has 0 amide bonds. The zero-order chi connectivity index (χ0) is 13.8. The van der Waals surface area contributed by atoms with Gasteiger partial charge in [-0.2, -0.15) is 0 Å². The molecule has 18 heavy (non-hydrogen) atoms. The van der Waals surface area contributed by atoms with Gasteiger partial charge in [-0.25, -0.2) is 0 Å². The summed E-state index contributed by atoms with van der Waals surface area (Å²) < 4.78 is 0. The molecule has 2 heteroatoms. The summed E-state index contributed by atoms with van der Waals surface area (Å²) >= 11 is 0. The van der Waals surface area contributed by atoms with E-state index in [9.17, 15) is 0 Å². The summed E-state index contributed by atoms with van der Waals surface area (Å²) in [5.74, 6) is 1.76. The van der Waals surface area contributed by atoms with Crippen LogP contribution in [0.2, 0.25) is 0 Å². The molecule has 1 aliphatic rings. The Morgan fingerprint density at radius 3 is 2.50 bits per heavy atom. The van der Waals surface area contributed by atoms with Gasteiger partial charge in [-0.05, 0) is 50.1 Å². The van der Waals surface area contributed by atoms with Crippen molar-refractivity contribution < 1.29 is 0 Å². The molecule has 0 aliphatic carbocycles. The molecule has 1 heterocycles. The zero-order valence-electron chi connectivity index (χ0n) is 13.4. The molecule has 1 N–H and O–H groups in total. The van der Waals surface area contributed by atoms with E-state index in [0.717, 1.165) is 18.4 Å².